The van der Waals surface area contributed by atoms with E-state index in [4.69, 9.17) is 11.6 Å². The zero-order valence-corrected chi connectivity index (χ0v) is 15.9. The fourth-order valence-corrected chi connectivity index (χ4v) is 7.38. The van der Waals surface area contributed by atoms with Crippen molar-refractivity contribution in [1.82, 2.24) is 9.29 Å². The smallest absolute Gasteiger partial charge is 0.252 e. The van der Waals surface area contributed by atoms with E-state index in [0.29, 0.717) is 23.8 Å². The maximum Gasteiger partial charge on any atom is 0.252 e. The largest absolute Gasteiger partial charge is 0.385 e. The Bertz CT molecular complexity index is 871. The highest BCUT2D eigenvalue weighted by Gasteiger charge is 2.52. The van der Waals surface area contributed by atoms with Gasteiger partial charge in [-0.15, -0.1) is 11.3 Å². The third-order valence-electron chi connectivity index (χ3n) is 5.46. The van der Waals surface area contributed by atoms with Crippen molar-refractivity contribution >= 4 is 33.0 Å². The Hall–Kier alpha value is -0.990. The number of aliphatic hydroxyl groups is 1. The molecule has 2 aromatic heterocycles. The summed E-state index contributed by atoms with van der Waals surface area (Å²) in [6.07, 6.45) is 5.83. The minimum Gasteiger partial charge on any atom is -0.385 e. The molecule has 0 radical (unpaired) electrons. The lowest BCUT2D eigenvalue weighted by atomic mass is 9.68. The van der Waals surface area contributed by atoms with Gasteiger partial charge in [0.1, 0.15) is 4.21 Å². The van der Waals surface area contributed by atoms with Gasteiger partial charge in [0.25, 0.3) is 10.0 Å². The summed E-state index contributed by atoms with van der Waals surface area (Å²) in [5, 5.41) is 11.4. The van der Waals surface area contributed by atoms with Crippen LogP contribution >= 0.6 is 22.9 Å². The van der Waals surface area contributed by atoms with Crippen molar-refractivity contribution in [3.05, 3.63) is 46.6 Å². The molecule has 1 saturated heterocycles. The molecule has 3 heterocycles. The van der Waals surface area contributed by atoms with E-state index in [2.05, 4.69) is 4.98 Å². The molecule has 1 aliphatic carbocycles. The molecule has 1 aliphatic heterocycles. The number of nitrogens with zero attached hydrogens (tertiary/aromatic N) is 2. The zero-order chi connectivity index (χ0) is 17.7. The highest BCUT2D eigenvalue weighted by atomic mass is 35.5. The number of fused-ring (bicyclic) bond motifs is 1. The molecule has 134 valence electrons. The van der Waals surface area contributed by atoms with Crippen molar-refractivity contribution in [2.24, 2.45) is 11.8 Å². The molecular formula is C17H19ClN2O3S2. The number of hydrogen-bond acceptors (Lipinski definition) is 5. The summed E-state index contributed by atoms with van der Waals surface area (Å²) in [7, 11) is -3.57. The highest BCUT2D eigenvalue weighted by molar-refractivity contribution is 7.91. The van der Waals surface area contributed by atoms with Crippen LogP contribution in [0.5, 0.6) is 0 Å². The first-order valence-electron chi connectivity index (χ1n) is 8.29. The van der Waals surface area contributed by atoms with Crippen molar-refractivity contribution in [3.63, 3.8) is 0 Å². The summed E-state index contributed by atoms with van der Waals surface area (Å²) in [4.78, 5) is 4.13. The van der Waals surface area contributed by atoms with Gasteiger partial charge in [-0.2, -0.15) is 4.31 Å². The molecule has 0 unspecified atom stereocenters. The molecule has 2 aromatic rings. The van der Waals surface area contributed by atoms with Crippen molar-refractivity contribution in [2.45, 2.75) is 29.1 Å². The van der Waals surface area contributed by atoms with Crippen LogP contribution in [-0.2, 0) is 15.6 Å². The zero-order valence-electron chi connectivity index (χ0n) is 13.5. The van der Waals surface area contributed by atoms with Crippen molar-refractivity contribution < 1.29 is 13.5 Å². The molecule has 8 heteroatoms. The molecule has 25 heavy (non-hydrogen) atoms. The summed E-state index contributed by atoms with van der Waals surface area (Å²) in [6.45, 7) is 0.777. The molecule has 1 N–H and O–H groups in total. The summed E-state index contributed by atoms with van der Waals surface area (Å²) in [5.41, 5.74) is -0.239. The Kier molecular flexibility index (Phi) is 4.40. The lowest BCUT2D eigenvalue weighted by molar-refractivity contribution is -0.0643. The second-order valence-electron chi connectivity index (χ2n) is 6.81. The predicted octanol–water partition coefficient (Wildman–Crippen LogP) is 3.10. The first-order valence-corrected chi connectivity index (χ1v) is 10.9. The Morgan fingerprint density at radius 3 is 2.84 bits per heavy atom. The lowest BCUT2D eigenvalue weighted by Gasteiger charge is -2.41. The molecule has 0 aromatic carbocycles. The topological polar surface area (TPSA) is 70.5 Å². The van der Waals surface area contributed by atoms with Crippen LogP contribution in [-0.4, -0.2) is 35.9 Å². The maximum atomic E-state index is 12.9. The van der Waals surface area contributed by atoms with Gasteiger partial charge in [-0.05, 0) is 43.4 Å². The Labute approximate surface area is 156 Å². The van der Waals surface area contributed by atoms with Crippen LogP contribution in [0, 0.1) is 11.8 Å². The van der Waals surface area contributed by atoms with E-state index in [0.717, 1.165) is 29.7 Å². The van der Waals surface area contributed by atoms with E-state index in [1.54, 1.807) is 24.5 Å². The maximum absolute atomic E-state index is 12.9. The highest BCUT2D eigenvalue weighted by Crippen LogP contribution is 2.49. The van der Waals surface area contributed by atoms with E-state index >= 15 is 0 Å². The van der Waals surface area contributed by atoms with Crippen LogP contribution in [0.3, 0.4) is 0 Å². The number of pyridine rings is 1. The number of hydrogen-bond donors (Lipinski definition) is 1. The lowest BCUT2D eigenvalue weighted by Crippen LogP contribution is -2.43. The summed E-state index contributed by atoms with van der Waals surface area (Å²) >= 11 is 6.98. The second-order valence-corrected chi connectivity index (χ2v) is 10.7. The number of sulfonamides is 1. The molecule has 1 saturated carbocycles. The number of aromatic nitrogens is 1. The summed E-state index contributed by atoms with van der Waals surface area (Å²) in [5.74, 6) is 0.0415. The molecular weight excluding hydrogens is 380 g/mol. The summed E-state index contributed by atoms with van der Waals surface area (Å²) in [6, 6.07) is 6.85. The summed E-state index contributed by atoms with van der Waals surface area (Å²) < 4.78 is 28.1. The van der Waals surface area contributed by atoms with Gasteiger partial charge in [-0.25, -0.2) is 8.42 Å². The van der Waals surface area contributed by atoms with Crippen LogP contribution in [0.2, 0.25) is 4.34 Å². The van der Waals surface area contributed by atoms with Crippen molar-refractivity contribution in [1.29, 1.82) is 0 Å². The minimum atomic E-state index is -3.57. The fraction of sp³-hybridized carbons (Fsp3) is 0.471. The van der Waals surface area contributed by atoms with Gasteiger partial charge in [0.15, 0.2) is 0 Å². The van der Waals surface area contributed by atoms with Gasteiger partial charge < -0.3 is 5.11 Å². The number of rotatable bonds is 3. The third-order valence-corrected chi connectivity index (χ3v) is 8.99. The van der Waals surface area contributed by atoms with Crippen LogP contribution in [0.4, 0.5) is 0 Å². The van der Waals surface area contributed by atoms with Crippen LogP contribution < -0.4 is 0 Å². The number of thiophene rings is 1. The van der Waals surface area contributed by atoms with Crippen LogP contribution in [0.1, 0.15) is 24.8 Å². The Morgan fingerprint density at radius 1 is 1.32 bits per heavy atom. The van der Waals surface area contributed by atoms with E-state index < -0.39 is 15.6 Å². The van der Waals surface area contributed by atoms with Gasteiger partial charge in [-0.3, -0.25) is 4.98 Å². The van der Waals surface area contributed by atoms with Gasteiger partial charge in [0.2, 0.25) is 0 Å². The van der Waals surface area contributed by atoms with Gasteiger partial charge in [0, 0.05) is 37.0 Å². The average molecular weight is 399 g/mol. The van der Waals surface area contributed by atoms with E-state index in [1.165, 1.54) is 4.31 Å². The first-order chi connectivity index (χ1) is 11.9. The SMILES string of the molecule is O=S(=O)(c1ccc(Cl)s1)N1C[C@@H]2CCC[C@](O)(c3cccnc3)[C@H]2C1. The molecule has 0 spiro atoms. The molecule has 2 aliphatic rings. The van der Waals surface area contributed by atoms with Gasteiger partial charge in [-0.1, -0.05) is 17.7 Å². The quantitative estimate of drug-likeness (QED) is 0.862. The van der Waals surface area contributed by atoms with E-state index in [9.17, 15) is 13.5 Å². The predicted molar refractivity (Wildman–Crippen MR) is 97.1 cm³/mol. The average Bonchev–Trinajstić information content (AvgIpc) is 3.24. The Balaban J connectivity index is 1.65. The molecule has 2 fully saturated rings. The minimum absolute atomic E-state index is 0.115. The normalized spacial score (nSPS) is 30.3. The molecule has 0 amide bonds. The van der Waals surface area contributed by atoms with Crippen LogP contribution in [0.25, 0.3) is 0 Å². The molecule has 5 nitrogen and oxygen atoms in total. The second kappa shape index (κ2) is 6.32. The van der Waals surface area contributed by atoms with E-state index in [1.807, 2.05) is 12.1 Å². The first kappa shape index (κ1) is 17.4. The molecule has 0 bridgehead atoms. The van der Waals surface area contributed by atoms with Gasteiger partial charge >= 0.3 is 0 Å². The molecule has 3 atom stereocenters. The van der Waals surface area contributed by atoms with Crippen molar-refractivity contribution in [3.8, 4) is 0 Å². The van der Waals surface area contributed by atoms with Crippen LogP contribution in [0.15, 0.2) is 40.9 Å². The monoisotopic (exact) mass is 398 g/mol. The Morgan fingerprint density at radius 2 is 2.16 bits per heavy atom. The standard InChI is InChI=1S/C17H19ClN2O3S2/c18-15-5-6-16(24-15)25(22,23)20-10-12-3-1-7-17(21,14(12)11-20)13-4-2-8-19-9-13/h2,4-6,8-9,12,14,21H,1,3,7,10-11H2/t12-,14-,17-/m0/s1. The third kappa shape index (κ3) is 2.92. The van der Waals surface area contributed by atoms with E-state index in [-0.39, 0.29) is 16.0 Å². The number of halogens is 1. The fourth-order valence-electron chi connectivity index (χ4n) is 4.22. The van der Waals surface area contributed by atoms with Gasteiger partial charge in [0.05, 0.1) is 9.94 Å². The van der Waals surface area contributed by atoms with Crippen molar-refractivity contribution in [2.75, 3.05) is 13.1 Å². The molecule has 4 rings (SSSR count).